The molecule has 0 fully saturated rings. The number of nitrogens with one attached hydrogen (secondary N) is 5. The molecule has 4 rings (SSSR count). The quantitative estimate of drug-likeness (QED) is 0.141. The van der Waals surface area contributed by atoms with Crippen molar-refractivity contribution in [2.24, 2.45) is 5.73 Å². The molecule has 12 heteroatoms. The summed E-state index contributed by atoms with van der Waals surface area (Å²) in [7, 11) is 0. The molecule has 0 saturated carbocycles. The molecule has 0 aromatic heterocycles. The van der Waals surface area contributed by atoms with E-state index >= 15 is 0 Å². The molecule has 0 spiro atoms. The van der Waals surface area contributed by atoms with Gasteiger partial charge in [0.1, 0.15) is 12.6 Å². The molecule has 0 aliphatic carbocycles. The number of hydrogen-bond donors (Lipinski definition) is 7. The van der Waals surface area contributed by atoms with Crippen molar-refractivity contribution in [3.8, 4) is 0 Å². The highest BCUT2D eigenvalue weighted by Gasteiger charge is 2.30. The first-order valence-electron chi connectivity index (χ1n) is 14.0. The zero-order chi connectivity index (χ0) is 30.4. The van der Waals surface area contributed by atoms with Gasteiger partial charge in [0.2, 0.25) is 5.91 Å². The Morgan fingerprint density at radius 1 is 0.907 bits per heavy atom. The van der Waals surface area contributed by atoms with Gasteiger partial charge < -0.3 is 37.0 Å². The van der Waals surface area contributed by atoms with Crippen molar-refractivity contribution in [2.75, 3.05) is 11.9 Å². The molecule has 226 valence electrons. The number of nitrogens with zero attached hydrogens (tertiary/aromatic N) is 1. The van der Waals surface area contributed by atoms with Gasteiger partial charge in [-0.15, -0.1) is 5.53 Å². The maximum Gasteiger partial charge on any atom is 0.408 e. The fourth-order valence-electron chi connectivity index (χ4n) is 4.51. The monoisotopic (exact) mass is 587 g/mol. The lowest BCUT2D eigenvalue weighted by molar-refractivity contribution is -0.121. The number of rotatable bonds is 14. The number of hydrazine groups is 2. The van der Waals surface area contributed by atoms with Crippen LogP contribution in [0.2, 0.25) is 0 Å². The van der Waals surface area contributed by atoms with Gasteiger partial charge in [0.05, 0.1) is 18.3 Å². The van der Waals surface area contributed by atoms with Crippen LogP contribution in [0.25, 0.3) is 0 Å². The van der Waals surface area contributed by atoms with Crippen molar-refractivity contribution in [3.63, 3.8) is 0 Å². The average molecular weight is 588 g/mol. The summed E-state index contributed by atoms with van der Waals surface area (Å²) in [6, 6.07) is 24.2. The van der Waals surface area contributed by atoms with E-state index in [-0.39, 0.29) is 19.1 Å². The van der Waals surface area contributed by atoms with Crippen molar-refractivity contribution in [3.05, 3.63) is 114 Å². The Morgan fingerprint density at radius 2 is 1.58 bits per heavy atom. The van der Waals surface area contributed by atoms with Crippen LogP contribution in [-0.2, 0) is 29.2 Å². The summed E-state index contributed by atoms with van der Waals surface area (Å²) < 4.78 is 5.47. The van der Waals surface area contributed by atoms with E-state index in [4.69, 9.17) is 10.5 Å². The lowest BCUT2D eigenvalue weighted by Gasteiger charge is -2.26. The molecule has 4 amide bonds. The lowest BCUT2D eigenvalue weighted by Crippen LogP contribution is -2.50. The topological polar surface area (TPSA) is 170 Å². The maximum absolute atomic E-state index is 13.4. The second kappa shape index (κ2) is 15.8. The van der Waals surface area contributed by atoms with Crippen LogP contribution in [0, 0.1) is 0 Å². The standard InChI is InChI=1S/C31H37N7O5/c32-30(41)33-17-7-12-28(29(40)34-25-15-13-23(20-39)14-16-25)38-19-27(36-37-38)26(18-22-8-3-1-4-9-22)35-31(42)43-21-24-10-5-2-6-11-24/h1-6,8-11,13-16,19,26,28,36-37,39H,7,12,17-18,20-21H2,(H,34,40)(H,35,42)(H3,32,33,41)/t26-,28+/m1/s1. The summed E-state index contributed by atoms with van der Waals surface area (Å²) in [6.45, 7) is 0.328. The third kappa shape index (κ3) is 9.76. The van der Waals surface area contributed by atoms with E-state index in [1.807, 2.05) is 60.7 Å². The number of urea groups is 1. The molecule has 0 saturated heterocycles. The number of anilines is 1. The van der Waals surface area contributed by atoms with Gasteiger partial charge in [-0.25, -0.2) is 9.59 Å². The fraction of sp³-hybridized carbons (Fsp3) is 0.258. The molecular weight excluding hydrogens is 550 g/mol. The number of aliphatic hydroxyl groups is 1. The zero-order valence-electron chi connectivity index (χ0n) is 23.7. The number of nitrogens with two attached hydrogens (primary N) is 1. The van der Waals surface area contributed by atoms with E-state index in [9.17, 15) is 19.5 Å². The molecule has 0 bridgehead atoms. The van der Waals surface area contributed by atoms with Gasteiger partial charge in [-0.2, -0.15) is 0 Å². The van der Waals surface area contributed by atoms with E-state index in [1.54, 1.807) is 35.5 Å². The van der Waals surface area contributed by atoms with Crippen molar-refractivity contribution in [2.45, 2.75) is 44.6 Å². The van der Waals surface area contributed by atoms with Gasteiger partial charge in [0.25, 0.3) is 0 Å². The minimum Gasteiger partial charge on any atom is -0.445 e. The van der Waals surface area contributed by atoms with Crippen molar-refractivity contribution in [1.82, 2.24) is 26.6 Å². The van der Waals surface area contributed by atoms with Gasteiger partial charge in [0.15, 0.2) is 0 Å². The Bertz CT molecular complexity index is 1370. The number of alkyl carbamates (subject to hydrolysis) is 1. The Morgan fingerprint density at radius 3 is 2.23 bits per heavy atom. The molecule has 2 atom stereocenters. The lowest BCUT2D eigenvalue weighted by atomic mass is 10.0. The largest absolute Gasteiger partial charge is 0.445 e. The summed E-state index contributed by atoms with van der Waals surface area (Å²) in [4.78, 5) is 37.4. The second-order valence-electron chi connectivity index (χ2n) is 9.97. The highest BCUT2D eigenvalue weighted by Crippen LogP contribution is 2.18. The minimum absolute atomic E-state index is 0.0986. The Labute approximate surface area is 250 Å². The number of carbonyl (C=O) groups is 3. The minimum atomic E-state index is -0.695. The van der Waals surface area contributed by atoms with Crippen LogP contribution >= 0.6 is 0 Å². The van der Waals surface area contributed by atoms with E-state index in [2.05, 4.69) is 26.9 Å². The first-order valence-corrected chi connectivity index (χ1v) is 14.0. The van der Waals surface area contributed by atoms with Crippen molar-refractivity contribution < 1.29 is 24.2 Å². The summed E-state index contributed by atoms with van der Waals surface area (Å²) in [5.41, 5.74) is 15.1. The zero-order valence-corrected chi connectivity index (χ0v) is 23.7. The SMILES string of the molecule is NC(=O)NCCC[C@@H](C(=O)Nc1ccc(CO)cc1)N1C=C([C@@H](Cc2ccccc2)NC(=O)OCc2ccccc2)NN1. The third-order valence-corrected chi connectivity index (χ3v) is 6.77. The molecule has 12 nitrogen and oxygen atoms in total. The van der Waals surface area contributed by atoms with Crippen LogP contribution in [0.1, 0.15) is 29.5 Å². The smallest absolute Gasteiger partial charge is 0.408 e. The van der Waals surface area contributed by atoms with Gasteiger partial charge >= 0.3 is 12.1 Å². The van der Waals surface area contributed by atoms with Crippen LogP contribution in [0.4, 0.5) is 15.3 Å². The van der Waals surface area contributed by atoms with Crippen LogP contribution in [-0.4, -0.2) is 46.8 Å². The van der Waals surface area contributed by atoms with Crippen molar-refractivity contribution in [1.29, 1.82) is 0 Å². The summed E-state index contributed by atoms with van der Waals surface area (Å²) >= 11 is 0. The summed E-state index contributed by atoms with van der Waals surface area (Å²) in [6.07, 6.45) is 2.47. The van der Waals surface area contributed by atoms with Gasteiger partial charge in [-0.3, -0.25) is 9.80 Å². The number of aliphatic hydroxyl groups excluding tert-OH is 1. The predicted octanol–water partition coefficient (Wildman–Crippen LogP) is 2.64. The highest BCUT2D eigenvalue weighted by atomic mass is 16.5. The highest BCUT2D eigenvalue weighted by molar-refractivity contribution is 5.95. The number of carbonyl (C=O) groups excluding carboxylic acids is 3. The number of hydrogen-bond acceptors (Lipinski definition) is 8. The molecule has 1 heterocycles. The van der Waals surface area contributed by atoms with E-state index in [1.165, 1.54) is 0 Å². The molecule has 1 aliphatic heterocycles. The summed E-state index contributed by atoms with van der Waals surface area (Å²) in [5.74, 6) is -0.294. The number of ether oxygens (including phenoxy) is 1. The first kappa shape index (κ1) is 30.9. The Hall–Kier alpha value is -5.07. The van der Waals surface area contributed by atoms with Crippen LogP contribution in [0.5, 0.6) is 0 Å². The van der Waals surface area contributed by atoms with Crippen LogP contribution in [0.3, 0.4) is 0 Å². The van der Waals surface area contributed by atoms with Gasteiger partial charge in [-0.1, -0.05) is 72.8 Å². The molecule has 3 aromatic carbocycles. The van der Waals surface area contributed by atoms with Gasteiger partial charge in [-0.05, 0) is 48.1 Å². The average Bonchev–Trinajstić information content (AvgIpc) is 3.51. The number of benzene rings is 3. The first-order chi connectivity index (χ1) is 20.9. The van der Waals surface area contributed by atoms with Crippen LogP contribution in [0.15, 0.2) is 96.8 Å². The Balaban J connectivity index is 1.49. The number of primary amides is 1. The van der Waals surface area contributed by atoms with E-state index in [0.29, 0.717) is 37.2 Å². The number of amides is 4. The predicted molar refractivity (Wildman–Crippen MR) is 161 cm³/mol. The summed E-state index contributed by atoms with van der Waals surface area (Å²) in [5, 5.41) is 19.3. The molecule has 8 N–H and O–H groups in total. The van der Waals surface area contributed by atoms with E-state index in [0.717, 1.165) is 16.7 Å². The molecular formula is C31H37N7O5. The third-order valence-electron chi connectivity index (χ3n) is 6.77. The molecule has 1 aliphatic rings. The van der Waals surface area contributed by atoms with E-state index < -0.39 is 24.2 Å². The van der Waals surface area contributed by atoms with Crippen LogP contribution < -0.4 is 32.6 Å². The normalized spacial score (nSPS) is 13.7. The molecule has 43 heavy (non-hydrogen) atoms. The second-order valence-corrected chi connectivity index (χ2v) is 9.97. The fourth-order valence-corrected chi connectivity index (χ4v) is 4.51. The Kier molecular flexibility index (Phi) is 11.3. The van der Waals surface area contributed by atoms with Gasteiger partial charge in [0, 0.05) is 18.4 Å². The molecule has 0 unspecified atom stereocenters. The maximum atomic E-state index is 13.4. The van der Waals surface area contributed by atoms with Crippen molar-refractivity contribution >= 4 is 23.7 Å². The molecule has 0 radical (unpaired) electrons. The molecule has 3 aromatic rings.